The van der Waals surface area contributed by atoms with E-state index in [1.54, 1.807) is 7.05 Å². The van der Waals surface area contributed by atoms with Crippen molar-refractivity contribution in [3.63, 3.8) is 0 Å². The molecule has 2 aliphatic rings. The SMILES string of the molecule is CN=C(NCCCCCCC(=O)OC)N1CCN(C(=O)C2CCCO2)CC1. The number of piperazine rings is 1. The number of guanidine groups is 1. The van der Waals surface area contributed by atoms with Gasteiger partial charge in [0.15, 0.2) is 5.96 Å². The van der Waals surface area contributed by atoms with Crippen molar-refractivity contribution in [1.82, 2.24) is 15.1 Å². The lowest BCUT2D eigenvalue weighted by Gasteiger charge is -2.37. The Morgan fingerprint density at radius 1 is 1.11 bits per heavy atom. The molecule has 1 unspecified atom stereocenters. The van der Waals surface area contributed by atoms with Crippen molar-refractivity contribution in [2.75, 3.05) is 53.5 Å². The maximum atomic E-state index is 12.4. The van der Waals surface area contributed by atoms with Crippen LogP contribution in [-0.4, -0.2) is 87.2 Å². The molecule has 0 aromatic carbocycles. The van der Waals surface area contributed by atoms with Gasteiger partial charge in [-0.1, -0.05) is 12.8 Å². The predicted molar refractivity (Wildman–Crippen MR) is 104 cm³/mol. The molecule has 8 heteroatoms. The van der Waals surface area contributed by atoms with E-state index < -0.39 is 0 Å². The highest BCUT2D eigenvalue weighted by atomic mass is 16.5. The summed E-state index contributed by atoms with van der Waals surface area (Å²) in [4.78, 5) is 32.0. The minimum absolute atomic E-state index is 0.134. The molecule has 0 spiro atoms. The Morgan fingerprint density at radius 3 is 2.44 bits per heavy atom. The topological polar surface area (TPSA) is 83.5 Å². The van der Waals surface area contributed by atoms with Gasteiger partial charge in [-0.15, -0.1) is 0 Å². The molecule has 154 valence electrons. The Labute approximate surface area is 162 Å². The minimum atomic E-state index is -0.229. The normalized spacial score (nSPS) is 20.7. The van der Waals surface area contributed by atoms with Crippen LogP contribution in [0.3, 0.4) is 0 Å². The molecule has 2 rings (SSSR count). The molecule has 0 bridgehead atoms. The molecule has 0 aromatic heterocycles. The number of hydrogen-bond acceptors (Lipinski definition) is 5. The lowest BCUT2D eigenvalue weighted by molar-refractivity contribution is -0.142. The number of ether oxygens (including phenoxy) is 2. The summed E-state index contributed by atoms with van der Waals surface area (Å²) in [6, 6.07) is 0. The Morgan fingerprint density at radius 2 is 1.81 bits per heavy atom. The number of methoxy groups -OCH3 is 1. The van der Waals surface area contributed by atoms with Gasteiger partial charge in [-0.3, -0.25) is 14.6 Å². The van der Waals surface area contributed by atoms with Crippen LogP contribution in [-0.2, 0) is 19.1 Å². The van der Waals surface area contributed by atoms with Gasteiger partial charge in [0.1, 0.15) is 6.10 Å². The first-order valence-corrected chi connectivity index (χ1v) is 10.1. The fourth-order valence-electron chi connectivity index (χ4n) is 3.50. The monoisotopic (exact) mass is 382 g/mol. The van der Waals surface area contributed by atoms with E-state index in [0.717, 1.165) is 64.1 Å². The van der Waals surface area contributed by atoms with Crippen LogP contribution in [0.15, 0.2) is 4.99 Å². The number of aliphatic imine (C=N–C) groups is 1. The Balaban J connectivity index is 1.59. The van der Waals surface area contributed by atoms with E-state index in [1.807, 2.05) is 4.90 Å². The summed E-state index contributed by atoms with van der Waals surface area (Å²) in [7, 11) is 3.22. The molecule has 0 saturated carbocycles. The van der Waals surface area contributed by atoms with E-state index in [-0.39, 0.29) is 18.0 Å². The van der Waals surface area contributed by atoms with Crippen molar-refractivity contribution in [3.05, 3.63) is 0 Å². The van der Waals surface area contributed by atoms with E-state index in [0.29, 0.717) is 26.1 Å². The van der Waals surface area contributed by atoms with Gasteiger partial charge in [0.25, 0.3) is 5.91 Å². The number of unbranched alkanes of at least 4 members (excludes halogenated alkanes) is 3. The van der Waals surface area contributed by atoms with E-state index in [4.69, 9.17) is 4.74 Å². The average molecular weight is 383 g/mol. The molecule has 1 amide bonds. The average Bonchev–Trinajstić information content (AvgIpc) is 3.24. The summed E-state index contributed by atoms with van der Waals surface area (Å²) in [6.07, 6.45) is 6.12. The van der Waals surface area contributed by atoms with Crippen molar-refractivity contribution < 1.29 is 19.1 Å². The summed E-state index contributed by atoms with van der Waals surface area (Å²) in [5, 5.41) is 3.41. The van der Waals surface area contributed by atoms with Gasteiger partial charge in [-0.25, -0.2) is 0 Å². The van der Waals surface area contributed by atoms with Crippen molar-refractivity contribution in [2.45, 2.75) is 51.0 Å². The fourth-order valence-corrected chi connectivity index (χ4v) is 3.50. The Bertz CT molecular complexity index is 498. The number of rotatable bonds is 8. The molecular weight excluding hydrogens is 348 g/mol. The first-order valence-electron chi connectivity index (χ1n) is 10.1. The lowest BCUT2D eigenvalue weighted by Crippen LogP contribution is -2.55. The summed E-state index contributed by atoms with van der Waals surface area (Å²) >= 11 is 0. The molecule has 8 nitrogen and oxygen atoms in total. The maximum absolute atomic E-state index is 12.4. The lowest BCUT2D eigenvalue weighted by atomic mass is 10.1. The Hall–Kier alpha value is -1.83. The van der Waals surface area contributed by atoms with Crippen molar-refractivity contribution in [1.29, 1.82) is 0 Å². The van der Waals surface area contributed by atoms with Crippen molar-refractivity contribution >= 4 is 17.8 Å². The largest absolute Gasteiger partial charge is 0.469 e. The first-order chi connectivity index (χ1) is 13.2. The fraction of sp³-hybridized carbons (Fsp3) is 0.842. The second kappa shape index (κ2) is 11.8. The number of hydrogen-bond donors (Lipinski definition) is 1. The van der Waals surface area contributed by atoms with Gasteiger partial charge >= 0.3 is 5.97 Å². The number of esters is 1. The molecular formula is C19H34N4O4. The van der Waals surface area contributed by atoms with Crippen LogP contribution < -0.4 is 5.32 Å². The molecule has 0 aromatic rings. The number of nitrogens with one attached hydrogen (secondary N) is 1. The molecule has 27 heavy (non-hydrogen) atoms. The highest BCUT2D eigenvalue weighted by Gasteiger charge is 2.30. The third kappa shape index (κ3) is 7.01. The number of carbonyl (C=O) groups is 2. The van der Waals surface area contributed by atoms with Crippen LogP contribution >= 0.6 is 0 Å². The zero-order valence-corrected chi connectivity index (χ0v) is 16.7. The minimum Gasteiger partial charge on any atom is -0.469 e. The van der Waals surface area contributed by atoms with E-state index in [2.05, 4.69) is 19.9 Å². The van der Waals surface area contributed by atoms with Gasteiger partial charge in [0.05, 0.1) is 7.11 Å². The highest BCUT2D eigenvalue weighted by molar-refractivity contribution is 5.82. The number of nitrogens with zero attached hydrogens (tertiary/aromatic N) is 3. The predicted octanol–water partition coefficient (Wildman–Crippen LogP) is 1.01. The Kier molecular flexibility index (Phi) is 9.38. The molecule has 0 aliphatic carbocycles. The molecule has 1 atom stereocenters. The van der Waals surface area contributed by atoms with Crippen LogP contribution in [0, 0.1) is 0 Å². The first kappa shape index (κ1) is 21.5. The molecule has 1 N–H and O–H groups in total. The third-order valence-corrected chi connectivity index (χ3v) is 5.13. The van der Waals surface area contributed by atoms with E-state index in [9.17, 15) is 9.59 Å². The van der Waals surface area contributed by atoms with Crippen LogP contribution in [0.25, 0.3) is 0 Å². The quantitative estimate of drug-likeness (QED) is 0.292. The molecule has 0 radical (unpaired) electrons. The van der Waals surface area contributed by atoms with Crippen LogP contribution in [0.5, 0.6) is 0 Å². The van der Waals surface area contributed by atoms with E-state index >= 15 is 0 Å². The van der Waals surface area contributed by atoms with Gasteiger partial charge in [-0.05, 0) is 25.7 Å². The standard InChI is InChI=1S/C19H34N4O4/c1-20-19(21-10-6-4-3-5-9-17(24)26-2)23-13-11-22(12-14-23)18(25)16-8-7-15-27-16/h16H,3-15H2,1-2H3,(H,20,21). The highest BCUT2D eigenvalue weighted by Crippen LogP contribution is 2.16. The van der Waals surface area contributed by atoms with Crippen LogP contribution in [0.2, 0.25) is 0 Å². The van der Waals surface area contributed by atoms with Gasteiger partial charge in [-0.2, -0.15) is 0 Å². The summed E-state index contributed by atoms with van der Waals surface area (Å²) in [5.41, 5.74) is 0. The second-order valence-corrected chi connectivity index (χ2v) is 7.03. The summed E-state index contributed by atoms with van der Waals surface area (Å²) < 4.78 is 10.1. The number of amides is 1. The van der Waals surface area contributed by atoms with Crippen LogP contribution in [0.4, 0.5) is 0 Å². The summed E-state index contributed by atoms with van der Waals surface area (Å²) in [6.45, 7) is 4.57. The van der Waals surface area contributed by atoms with Gasteiger partial charge in [0, 0.05) is 52.8 Å². The van der Waals surface area contributed by atoms with Gasteiger partial charge in [0.2, 0.25) is 0 Å². The van der Waals surface area contributed by atoms with Crippen molar-refractivity contribution in [3.8, 4) is 0 Å². The zero-order valence-electron chi connectivity index (χ0n) is 16.7. The van der Waals surface area contributed by atoms with E-state index in [1.165, 1.54) is 7.11 Å². The maximum Gasteiger partial charge on any atom is 0.305 e. The smallest absolute Gasteiger partial charge is 0.305 e. The number of carbonyl (C=O) groups excluding carboxylic acids is 2. The van der Waals surface area contributed by atoms with Gasteiger partial charge < -0.3 is 24.6 Å². The molecule has 2 aliphatic heterocycles. The second-order valence-electron chi connectivity index (χ2n) is 7.03. The third-order valence-electron chi connectivity index (χ3n) is 5.13. The molecule has 2 fully saturated rings. The van der Waals surface area contributed by atoms with Crippen LogP contribution in [0.1, 0.15) is 44.9 Å². The zero-order chi connectivity index (χ0) is 19.5. The van der Waals surface area contributed by atoms with Crippen molar-refractivity contribution in [2.24, 2.45) is 4.99 Å². The molecule has 2 saturated heterocycles. The summed E-state index contributed by atoms with van der Waals surface area (Å²) in [5.74, 6) is 0.904. The molecule has 2 heterocycles.